The van der Waals surface area contributed by atoms with Gasteiger partial charge in [0.15, 0.2) is 5.82 Å². The van der Waals surface area contributed by atoms with E-state index in [1.54, 1.807) is 11.8 Å². The summed E-state index contributed by atoms with van der Waals surface area (Å²) in [7, 11) is -0.370. The number of benzene rings is 1. The van der Waals surface area contributed by atoms with E-state index in [0.717, 1.165) is 60.7 Å². The Morgan fingerprint density at radius 3 is 2.47 bits per heavy atom. The summed E-state index contributed by atoms with van der Waals surface area (Å²) in [6.07, 6.45) is 5.46. The van der Waals surface area contributed by atoms with Crippen molar-refractivity contribution < 1.29 is 14.4 Å². The fourth-order valence-electron chi connectivity index (χ4n) is 5.05. The molecule has 2 N–H and O–H groups in total. The number of nitrogens with zero attached hydrogens (tertiary/aromatic N) is 2. The van der Waals surface area contributed by atoms with Gasteiger partial charge in [0.05, 0.1) is 22.3 Å². The van der Waals surface area contributed by atoms with Gasteiger partial charge in [-0.05, 0) is 101 Å². The highest BCUT2D eigenvalue weighted by Crippen LogP contribution is 2.40. The summed E-state index contributed by atoms with van der Waals surface area (Å²) in [5.74, 6) is 2.04. The molecular weight excluding hydrogens is 469 g/mol. The van der Waals surface area contributed by atoms with Gasteiger partial charge < -0.3 is 19.7 Å². The maximum absolute atomic E-state index is 9.78. The molecule has 0 bridgehead atoms. The van der Waals surface area contributed by atoms with Gasteiger partial charge in [0.25, 0.3) is 0 Å². The standard InChI is InChI=1S/C28H38BN3O3S/c1-18-9-16-26(32-25-8-6-7-24(31-25)30-20-11-13-21(33)14-12-20)36-23-17-19(10-15-22(18)23)29-34-27(2,3)28(4,5)35-29/h6-8,10,15,17-18,20-21,33H,9,11-14,16H2,1-5H3,(H,30,31). The summed E-state index contributed by atoms with van der Waals surface area (Å²) >= 11 is 1.74. The smallest absolute Gasteiger partial charge is 0.399 e. The second kappa shape index (κ2) is 10.1. The van der Waals surface area contributed by atoms with Crippen LogP contribution in [0.15, 0.2) is 46.3 Å². The number of aliphatic hydroxyl groups excluding tert-OH is 1. The molecule has 2 aromatic rings. The minimum absolute atomic E-state index is 0.156. The Morgan fingerprint density at radius 2 is 1.75 bits per heavy atom. The maximum Gasteiger partial charge on any atom is 0.494 e. The zero-order valence-corrected chi connectivity index (χ0v) is 22.9. The number of rotatable bonds is 4. The average molecular weight is 508 g/mol. The molecule has 192 valence electrons. The molecule has 1 aliphatic carbocycles. The van der Waals surface area contributed by atoms with Gasteiger partial charge in [0.1, 0.15) is 5.82 Å². The van der Waals surface area contributed by atoms with E-state index in [2.05, 4.69) is 58.1 Å². The van der Waals surface area contributed by atoms with Crippen LogP contribution in [0, 0.1) is 0 Å². The van der Waals surface area contributed by atoms with Crippen LogP contribution in [0.25, 0.3) is 0 Å². The molecule has 5 rings (SSSR count). The number of aliphatic imine (C=N–C) groups is 1. The van der Waals surface area contributed by atoms with E-state index < -0.39 is 0 Å². The summed E-state index contributed by atoms with van der Waals surface area (Å²) in [6.45, 7) is 10.6. The lowest BCUT2D eigenvalue weighted by molar-refractivity contribution is 0.00578. The van der Waals surface area contributed by atoms with Crippen LogP contribution in [0.4, 0.5) is 11.6 Å². The number of anilines is 1. The van der Waals surface area contributed by atoms with E-state index in [1.165, 1.54) is 10.5 Å². The van der Waals surface area contributed by atoms with Gasteiger partial charge in [-0.2, -0.15) is 0 Å². The van der Waals surface area contributed by atoms with Crippen LogP contribution in [-0.2, 0) is 9.31 Å². The molecular formula is C28H38BN3O3S. The van der Waals surface area contributed by atoms with Crippen LogP contribution in [0.2, 0.25) is 0 Å². The molecule has 0 amide bonds. The molecule has 1 aromatic heterocycles. The molecule has 2 aliphatic heterocycles. The highest BCUT2D eigenvalue weighted by molar-refractivity contribution is 8.14. The molecule has 1 unspecified atom stereocenters. The van der Waals surface area contributed by atoms with Gasteiger partial charge in [-0.15, -0.1) is 0 Å². The molecule has 2 fully saturated rings. The first-order chi connectivity index (χ1) is 17.1. The monoisotopic (exact) mass is 507 g/mol. The molecule has 36 heavy (non-hydrogen) atoms. The average Bonchev–Trinajstić information content (AvgIpc) is 2.95. The van der Waals surface area contributed by atoms with Gasteiger partial charge >= 0.3 is 7.12 Å². The molecule has 1 saturated heterocycles. The van der Waals surface area contributed by atoms with Gasteiger partial charge in [0, 0.05) is 10.9 Å². The van der Waals surface area contributed by atoms with E-state index in [-0.39, 0.29) is 24.4 Å². The first kappa shape index (κ1) is 25.8. The topological polar surface area (TPSA) is 76.0 Å². The number of hydrogen-bond donors (Lipinski definition) is 2. The Morgan fingerprint density at radius 1 is 1.03 bits per heavy atom. The van der Waals surface area contributed by atoms with E-state index in [4.69, 9.17) is 19.3 Å². The summed E-state index contributed by atoms with van der Waals surface area (Å²) in [4.78, 5) is 11.0. The quantitative estimate of drug-likeness (QED) is 0.509. The fourth-order valence-corrected chi connectivity index (χ4v) is 6.24. The second-order valence-corrected chi connectivity index (χ2v) is 12.6. The van der Waals surface area contributed by atoms with Crippen LogP contribution in [0.5, 0.6) is 0 Å². The Hall–Kier alpha value is -1.87. The number of fused-ring (bicyclic) bond motifs is 1. The normalized spacial score (nSPS) is 28.6. The Bertz CT molecular complexity index is 1110. The summed E-state index contributed by atoms with van der Waals surface area (Å²) in [6, 6.07) is 13.0. The minimum atomic E-state index is -0.370. The highest BCUT2D eigenvalue weighted by Gasteiger charge is 2.51. The molecule has 8 heteroatoms. The predicted octanol–water partition coefficient (Wildman–Crippen LogP) is 5.82. The lowest BCUT2D eigenvalue weighted by atomic mass is 9.78. The maximum atomic E-state index is 9.78. The third kappa shape index (κ3) is 5.52. The van der Waals surface area contributed by atoms with Crippen molar-refractivity contribution in [2.24, 2.45) is 4.99 Å². The Balaban J connectivity index is 1.35. The lowest BCUT2D eigenvalue weighted by Crippen LogP contribution is -2.41. The van der Waals surface area contributed by atoms with Crippen molar-refractivity contribution in [1.29, 1.82) is 0 Å². The second-order valence-electron chi connectivity index (χ2n) is 11.5. The minimum Gasteiger partial charge on any atom is -0.399 e. The van der Waals surface area contributed by atoms with Crippen LogP contribution >= 0.6 is 11.8 Å². The lowest BCUT2D eigenvalue weighted by Gasteiger charge is -2.32. The molecule has 0 radical (unpaired) electrons. The third-order valence-electron chi connectivity index (χ3n) is 8.14. The molecule has 1 saturated carbocycles. The van der Waals surface area contributed by atoms with Crippen molar-refractivity contribution in [2.45, 2.75) is 107 Å². The molecule has 0 spiro atoms. The fraction of sp³-hybridized carbons (Fsp3) is 0.571. The van der Waals surface area contributed by atoms with Crippen LogP contribution in [-0.4, -0.2) is 45.6 Å². The third-order valence-corrected chi connectivity index (χ3v) is 9.24. The van der Waals surface area contributed by atoms with Crippen molar-refractivity contribution in [3.63, 3.8) is 0 Å². The zero-order valence-electron chi connectivity index (χ0n) is 22.1. The van der Waals surface area contributed by atoms with Gasteiger partial charge in [-0.3, -0.25) is 0 Å². The van der Waals surface area contributed by atoms with E-state index >= 15 is 0 Å². The molecule has 1 aromatic carbocycles. The van der Waals surface area contributed by atoms with Crippen LogP contribution < -0.4 is 10.8 Å². The van der Waals surface area contributed by atoms with E-state index in [0.29, 0.717) is 12.0 Å². The number of aliphatic hydroxyl groups is 1. The van der Waals surface area contributed by atoms with Crippen molar-refractivity contribution in [1.82, 2.24) is 4.98 Å². The summed E-state index contributed by atoms with van der Waals surface area (Å²) < 4.78 is 12.6. The molecule has 3 heterocycles. The number of nitrogens with one attached hydrogen (secondary N) is 1. The van der Waals surface area contributed by atoms with E-state index in [9.17, 15) is 5.11 Å². The number of aromatic nitrogens is 1. The largest absolute Gasteiger partial charge is 0.494 e. The predicted molar refractivity (Wildman–Crippen MR) is 149 cm³/mol. The highest BCUT2D eigenvalue weighted by atomic mass is 32.2. The first-order valence-electron chi connectivity index (χ1n) is 13.3. The Labute approximate surface area is 219 Å². The van der Waals surface area contributed by atoms with Crippen molar-refractivity contribution >= 4 is 41.0 Å². The van der Waals surface area contributed by atoms with Crippen LogP contribution in [0.3, 0.4) is 0 Å². The number of hydrogen-bond acceptors (Lipinski definition) is 7. The molecule has 6 nitrogen and oxygen atoms in total. The van der Waals surface area contributed by atoms with Gasteiger partial charge in [-0.1, -0.05) is 36.9 Å². The van der Waals surface area contributed by atoms with Crippen LogP contribution in [0.1, 0.15) is 84.6 Å². The van der Waals surface area contributed by atoms with Crippen molar-refractivity contribution in [3.8, 4) is 0 Å². The summed E-state index contributed by atoms with van der Waals surface area (Å²) in [5.41, 5.74) is 1.68. The molecule has 1 atom stereocenters. The molecule has 3 aliphatic rings. The summed E-state index contributed by atoms with van der Waals surface area (Å²) in [5, 5.41) is 14.4. The number of pyridine rings is 1. The Kier molecular flexibility index (Phi) is 7.25. The van der Waals surface area contributed by atoms with Gasteiger partial charge in [0.2, 0.25) is 0 Å². The number of thioether (sulfide) groups is 1. The zero-order chi connectivity index (χ0) is 25.5. The van der Waals surface area contributed by atoms with Gasteiger partial charge in [-0.25, -0.2) is 9.98 Å². The SMILES string of the molecule is CC1CCC(=Nc2cccc(NC3CCC(O)CC3)n2)Sc2cc(B3OC(C)(C)C(C)(C)O3)ccc21. The van der Waals surface area contributed by atoms with E-state index in [1.807, 2.05) is 18.2 Å². The van der Waals surface area contributed by atoms with Crippen molar-refractivity contribution in [3.05, 3.63) is 42.0 Å². The van der Waals surface area contributed by atoms with Crippen molar-refractivity contribution in [2.75, 3.05) is 5.32 Å². The first-order valence-corrected chi connectivity index (χ1v) is 14.1.